The molecular formula is C15H18N4O2. The van der Waals surface area contributed by atoms with Crippen LogP contribution >= 0.6 is 0 Å². The Bertz CT molecular complexity index is 659. The van der Waals surface area contributed by atoms with Crippen LogP contribution in [0.5, 0.6) is 0 Å². The third kappa shape index (κ3) is 2.67. The normalized spacial score (nSPS) is 21.4. The molecule has 1 aliphatic rings. The largest absolute Gasteiger partial charge is 0.421 e. The second-order valence-corrected chi connectivity index (χ2v) is 5.61. The fourth-order valence-electron chi connectivity index (χ4n) is 2.47. The van der Waals surface area contributed by atoms with Gasteiger partial charge in [-0.2, -0.15) is 0 Å². The average molecular weight is 286 g/mol. The summed E-state index contributed by atoms with van der Waals surface area (Å²) >= 11 is 0. The van der Waals surface area contributed by atoms with Gasteiger partial charge in [0.25, 0.3) is 0 Å². The van der Waals surface area contributed by atoms with Gasteiger partial charge in [-0.15, -0.1) is 10.2 Å². The first-order valence-electron chi connectivity index (χ1n) is 7.00. The zero-order valence-electron chi connectivity index (χ0n) is 12.1. The number of hydrogen-bond donors (Lipinski definition) is 2. The fourth-order valence-corrected chi connectivity index (χ4v) is 2.47. The molecule has 1 aliphatic heterocycles. The van der Waals surface area contributed by atoms with E-state index >= 15 is 0 Å². The van der Waals surface area contributed by atoms with E-state index in [-0.39, 0.29) is 11.3 Å². The summed E-state index contributed by atoms with van der Waals surface area (Å²) in [6.07, 6.45) is 0.834. The summed E-state index contributed by atoms with van der Waals surface area (Å²) in [6.45, 7) is 5.28. The van der Waals surface area contributed by atoms with Crippen LogP contribution in [-0.4, -0.2) is 29.2 Å². The van der Waals surface area contributed by atoms with Crippen LogP contribution in [0.15, 0.2) is 28.7 Å². The summed E-state index contributed by atoms with van der Waals surface area (Å²) in [5.74, 6) is 0.923. The van der Waals surface area contributed by atoms with Gasteiger partial charge in [0.05, 0.1) is 16.7 Å². The Hall–Kier alpha value is -2.21. The van der Waals surface area contributed by atoms with E-state index in [4.69, 9.17) is 4.42 Å². The van der Waals surface area contributed by atoms with E-state index in [9.17, 15) is 4.79 Å². The summed E-state index contributed by atoms with van der Waals surface area (Å²) < 4.78 is 5.46. The van der Waals surface area contributed by atoms with Gasteiger partial charge in [0.1, 0.15) is 0 Å². The molecule has 21 heavy (non-hydrogen) atoms. The third-order valence-electron chi connectivity index (χ3n) is 3.85. The van der Waals surface area contributed by atoms with Gasteiger partial charge >= 0.3 is 0 Å². The number of para-hydroxylation sites is 1. The van der Waals surface area contributed by atoms with Crippen molar-refractivity contribution in [1.82, 2.24) is 15.5 Å². The van der Waals surface area contributed by atoms with Gasteiger partial charge < -0.3 is 15.1 Å². The summed E-state index contributed by atoms with van der Waals surface area (Å²) in [7, 11) is 0. The smallest absolute Gasteiger partial charge is 0.249 e. The number of nitrogens with zero attached hydrogens (tertiary/aromatic N) is 2. The summed E-state index contributed by atoms with van der Waals surface area (Å²) in [5.41, 5.74) is 1.05. The van der Waals surface area contributed by atoms with Crippen LogP contribution in [0, 0.1) is 12.3 Å². The Balaban J connectivity index is 1.87. The number of rotatable bonds is 3. The molecule has 2 N–H and O–H groups in total. The number of benzene rings is 1. The van der Waals surface area contributed by atoms with Crippen molar-refractivity contribution in [3.05, 3.63) is 30.2 Å². The molecule has 0 radical (unpaired) electrons. The molecule has 110 valence electrons. The molecule has 0 saturated carbocycles. The number of hydrogen-bond acceptors (Lipinski definition) is 5. The van der Waals surface area contributed by atoms with E-state index in [2.05, 4.69) is 20.8 Å². The zero-order valence-corrected chi connectivity index (χ0v) is 12.1. The van der Waals surface area contributed by atoms with E-state index in [1.54, 1.807) is 6.92 Å². The van der Waals surface area contributed by atoms with E-state index in [0.717, 1.165) is 18.5 Å². The predicted molar refractivity (Wildman–Crippen MR) is 78.7 cm³/mol. The Morgan fingerprint density at radius 2 is 2.19 bits per heavy atom. The second kappa shape index (κ2) is 5.29. The first kappa shape index (κ1) is 13.8. The molecule has 3 rings (SSSR count). The van der Waals surface area contributed by atoms with Crippen molar-refractivity contribution in [2.45, 2.75) is 20.3 Å². The number of carbonyl (C=O) groups excluding carboxylic acids is 1. The van der Waals surface area contributed by atoms with Crippen LogP contribution in [0.4, 0.5) is 5.69 Å². The van der Waals surface area contributed by atoms with E-state index < -0.39 is 0 Å². The molecular weight excluding hydrogens is 268 g/mol. The summed E-state index contributed by atoms with van der Waals surface area (Å²) in [6, 6.07) is 7.46. The Kier molecular flexibility index (Phi) is 3.47. The molecule has 6 nitrogen and oxygen atoms in total. The Labute approximate surface area is 123 Å². The molecule has 1 unspecified atom stereocenters. The van der Waals surface area contributed by atoms with Crippen LogP contribution in [-0.2, 0) is 4.79 Å². The monoisotopic (exact) mass is 286 g/mol. The Morgan fingerprint density at radius 1 is 1.38 bits per heavy atom. The van der Waals surface area contributed by atoms with Crippen molar-refractivity contribution >= 4 is 11.6 Å². The molecule has 0 bridgehead atoms. The van der Waals surface area contributed by atoms with Gasteiger partial charge in [0, 0.05) is 13.5 Å². The van der Waals surface area contributed by atoms with Crippen molar-refractivity contribution < 1.29 is 9.21 Å². The lowest BCUT2D eigenvalue weighted by molar-refractivity contribution is -0.123. The van der Waals surface area contributed by atoms with Crippen LogP contribution in [0.3, 0.4) is 0 Å². The number of amides is 1. The predicted octanol–water partition coefficient (Wildman–Crippen LogP) is 1.98. The number of aromatic nitrogens is 2. The molecule has 2 heterocycles. The van der Waals surface area contributed by atoms with Gasteiger partial charge in [0.15, 0.2) is 0 Å². The topological polar surface area (TPSA) is 80.0 Å². The van der Waals surface area contributed by atoms with Gasteiger partial charge in [0.2, 0.25) is 17.7 Å². The molecule has 1 aromatic carbocycles. The van der Waals surface area contributed by atoms with Crippen molar-refractivity contribution in [3.63, 3.8) is 0 Å². The highest BCUT2D eigenvalue weighted by atomic mass is 16.4. The number of anilines is 1. The van der Waals surface area contributed by atoms with Crippen molar-refractivity contribution in [2.75, 3.05) is 18.4 Å². The maximum absolute atomic E-state index is 12.5. The van der Waals surface area contributed by atoms with Gasteiger partial charge in [-0.1, -0.05) is 12.1 Å². The molecule has 1 fully saturated rings. The zero-order chi connectivity index (χ0) is 14.9. The van der Waals surface area contributed by atoms with Gasteiger partial charge in [-0.25, -0.2) is 0 Å². The van der Waals surface area contributed by atoms with Crippen LogP contribution < -0.4 is 10.6 Å². The van der Waals surface area contributed by atoms with E-state index in [1.165, 1.54) is 0 Å². The third-order valence-corrected chi connectivity index (χ3v) is 3.85. The molecule has 1 atom stereocenters. The highest BCUT2D eigenvalue weighted by Crippen LogP contribution is 2.30. The van der Waals surface area contributed by atoms with Gasteiger partial charge in [-0.3, -0.25) is 4.79 Å². The van der Waals surface area contributed by atoms with Gasteiger partial charge in [-0.05, 0) is 32.0 Å². The first-order valence-corrected chi connectivity index (χ1v) is 7.00. The standard InChI is InChI=1S/C15H18N4O2/c1-10-18-19-13(21-10)11-5-3-4-6-12(11)17-14(20)15(2)7-8-16-9-15/h3-6,16H,7-9H2,1-2H3,(H,17,20). The highest BCUT2D eigenvalue weighted by molar-refractivity contribution is 5.98. The van der Waals surface area contributed by atoms with Crippen molar-refractivity contribution in [1.29, 1.82) is 0 Å². The molecule has 1 saturated heterocycles. The molecule has 0 spiro atoms. The number of nitrogens with one attached hydrogen (secondary N) is 2. The minimum atomic E-state index is -0.377. The molecule has 0 aliphatic carbocycles. The van der Waals surface area contributed by atoms with Crippen LogP contribution in [0.1, 0.15) is 19.2 Å². The lowest BCUT2D eigenvalue weighted by Crippen LogP contribution is -2.35. The lowest BCUT2D eigenvalue weighted by Gasteiger charge is -2.22. The van der Waals surface area contributed by atoms with E-state index in [0.29, 0.717) is 24.0 Å². The fraction of sp³-hybridized carbons (Fsp3) is 0.400. The van der Waals surface area contributed by atoms with Crippen LogP contribution in [0.2, 0.25) is 0 Å². The van der Waals surface area contributed by atoms with Crippen molar-refractivity contribution in [3.8, 4) is 11.5 Å². The van der Waals surface area contributed by atoms with Crippen molar-refractivity contribution in [2.24, 2.45) is 5.41 Å². The first-order chi connectivity index (χ1) is 10.1. The molecule has 2 aromatic rings. The second-order valence-electron chi connectivity index (χ2n) is 5.61. The molecule has 1 aromatic heterocycles. The summed E-state index contributed by atoms with van der Waals surface area (Å²) in [4.78, 5) is 12.5. The van der Waals surface area contributed by atoms with Crippen LogP contribution in [0.25, 0.3) is 11.5 Å². The minimum Gasteiger partial charge on any atom is -0.421 e. The van der Waals surface area contributed by atoms with E-state index in [1.807, 2.05) is 31.2 Å². The maximum Gasteiger partial charge on any atom is 0.249 e. The summed E-state index contributed by atoms with van der Waals surface area (Å²) in [5, 5.41) is 14.1. The average Bonchev–Trinajstić information content (AvgIpc) is 3.09. The Morgan fingerprint density at radius 3 is 2.86 bits per heavy atom. The molecule has 1 amide bonds. The lowest BCUT2D eigenvalue weighted by atomic mass is 9.88. The number of aryl methyl sites for hydroxylation is 1. The maximum atomic E-state index is 12.5. The minimum absolute atomic E-state index is 0.0104. The highest BCUT2D eigenvalue weighted by Gasteiger charge is 2.36. The quantitative estimate of drug-likeness (QED) is 0.902. The molecule has 6 heteroatoms. The number of carbonyl (C=O) groups is 1. The SMILES string of the molecule is Cc1nnc(-c2ccccc2NC(=O)C2(C)CCNC2)o1.